The molecule has 5 nitrogen and oxygen atoms in total. The molecule has 0 aromatic heterocycles. The van der Waals surface area contributed by atoms with E-state index in [0.717, 1.165) is 25.1 Å². The lowest BCUT2D eigenvalue weighted by atomic mass is 10.4. The van der Waals surface area contributed by atoms with Gasteiger partial charge in [-0.05, 0) is 20.5 Å². The van der Waals surface area contributed by atoms with Crippen LogP contribution in [0.1, 0.15) is 6.42 Å². The third kappa shape index (κ3) is 8.96. The van der Waals surface area contributed by atoms with Crippen molar-refractivity contribution in [3.8, 4) is 0 Å². The summed E-state index contributed by atoms with van der Waals surface area (Å²) < 4.78 is 9.14. The molecule has 0 N–H and O–H groups in total. The number of hydrogen-bond acceptors (Lipinski definition) is 5. The highest BCUT2D eigenvalue weighted by molar-refractivity contribution is 5.91. The first-order chi connectivity index (χ1) is 7.06. The van der Waals surface area contributed by atoms with Gasteiger partial charge in [0.05, 0.1) is 13.7 Å². The van der Waals surface area contributed by atoms with Crippen LogP contribution in [-0.4, -0.2) is 51.2 Å². The maximum atomic E-state index is 11.0. The summed E-state index contributed by atoms with van der Waals surface area (Å²) in [5, 5.41) is 0. The van der Waals surface area contributed by atoms with Crippen molar-refractivity contribution in [2.75, 3.05) is 34.4 Å². The van der Waals surface area contributed by atoms with Gasteiger partial charge in [-0.25, -0.2) is 9.59 Å². The van der Waals surface area contributed by atoms with E-state index in [1.165, 1.54) is 7.11 Å². The maximum absolute atomic E-state index is 11.0. The van der Waals surface area contributed by atoms with Gasteiger partial charge in [-0.1, -0.05) is 0 Å². The molecule has 0 aromatic carbocycles. The van der Waals surface area contributed by atoms with Crippen molar-refractivity contribution in [3.63, 3.8) is 0 Å². The first-order valence-corrected chi connectivity index (χ1v) is 4.63. The van der Waals surface area contributed by atoms with Gasteiger partial charge >= 0.3 is 11.9 Å². The summed E-state index contributed by atoms with van der Waals surface area (Å²) in [5.74, 6) is -1.10. The Kier molecular flexibility index (Phi) is 7.27. The Morgan fingerprint density at radius 3 is 2.33 bits per heavy atom. The van der Waals surface area contributed by atoms with E-state index >= 15 is 0 Å². The lowest BCUT2D eigenvalue weighted by molar-refractivity contribution is -0.139. The third-order valence-electron chi connectivity index (χ3n) is 1.55. The Hall–Kier alpha value is -1.36. The van der Waals surface area contributed by atoms with Gasteiger partial charge in [0.2, 0.25) is 0 Å². The van der Waals surface area contributed by atoms with Crippen LogP contribution in [0.15, 0.2) is 12.2 Å². The van der Waals surface area contributed by atoms with Crippen molar-refractivity contribution in [2.45, 2.75) is 6.42 Å². The van der Waals surface area contributed by atoms with E-state index in [2.05, 4.69) is 4.74 Å². The largest absolute Gasteiger partial charge is 0.466 e. The number of carbonyl (C=O) groups is 2. The maximum Gasteiger partial charge on any atom is 0.331 e. The molecule has 0 saturated carbocycles. The van der Waals surface area contributed by atoms with Crippen LogP contribution in [0.4, 0.5) is 0 Å². The van der Waals surface area contributed by atoms with Crippen LogP contribution < -0.4 is 0 Å². The van der Waals surface area contributed by atoms with Gasteiger partial charge in [0.25, 0.3) is 0 Å². The molecule has 86 valence electrons. The van der Waals surface area contributed by atoms with E-state index in [4.69, 9.17) is 4.74 Å². The monoisotopic (exact) mass is 215 g/mol. The average Bonchev–Trinajstić information content (AvgIpc) is 2.20. The molecule has 0 rings (SSSR count). The van der Waals surface area contributed by atoms with Crippen molar-refractivity contribution in [2.24, 2.45) is 0 Å². The van der Waals surface area contributed by atoms with Crippen LogP contribution in [0.5, 0.6) is 0 Å². The van der Waals surface area contributed by atoms with Crippen LogP contribution in [-0.2, 0) is 19.1 Å². The molecule has 0 aliphatic heterocycles. The molecule has 0 bridgehead atoms. The first-order valence-electron chi connectivity index (χ1n) is 4.63. The number of methoxy groups -OCH3 is 1. The molecule has 0 saturated heterocycles. The summed E-state index contributed by atoms with van der Waals surface area (Å²) in [7, 11) is 5.13. The standard InChI is InChI=1S/C10H17NO4/c1-11(2)7-4-8-15-10(13)6-5-9(12)14-3/h5-6H,4,7-8H2,1-3H3/b6-5-. The Balaban J connectivity index is 3.58. The lowest BCUT2D eigenvalue weighted by Gasteiger charge is -2.08. The highest BCUT2D eigenvalue weighted by Gasteiger charge is 1.99. The van der Waals surface area contributed by atoms with E-state index < -0.39 is 11.9 Å². The normalized spacial score (nSPS) is 10.7. The number of ether oxygens (including phenoxy) is 2. The number of esters is 2. The zero-order valence-corrected chi connectivity index (χ0v) is 9.36. The van der Waals surface area contributed by atoms with E-state index in [0.29, 0.717) is 6.61 Å². The van der Waals surface area contributed by atoms with Gasteiger partial charge < -0.3 is 14.4 Å². The molecular weight excluding hydrogens is 198 g/mol. The van der Waals surface area contributed by atoms with Gasteiger partial charge in [0.1, 0.15) is 0 Å². The molecule has 5 heteroatoms. The second-order valence-corrected chi connectivity index (χ2v) is 3.18. The number of rotatable bonds is 6. The van der Waals surface area contributed by atoms with E-state index in [1.54, 1.807) is 0 Å². The number of hydrogen-bond donors (Lipinski definition) is 0. The van der Waals surface area contributed by atoms with Crippen LogP contribution in [0, 0.1) is 0 Å². The predicted octanol–water partition coefficient (Wildman–Crippen LogP) is 0.210. The zero-order valence-electron chi connectivity index (χ0n) is 9.36. The molecule has 0 unspecified atom stereocenters. The Labute approximate surface area is 89.6 Å². The van der Waals surface area contributed by atoms with Crippen LogP contribution in [0.2, 0.25) is 0 Å². The van der Waals surface area contributed by atoms with E-state index in [1.807, 2.05) is 19.0 Å². The Bertz CT molecular complexity index is 236. The van der Waals surface area contributed by atoms with Crippen molar-refractivity contribution in [1.82, 2.24) is 4.90 Å². The number of nitrogens with zero attached hydrogens (tertiary/aromatic N) is 1. The predicted molar refractivity (Wildman–Crippen MR) is 55.3 cm³/mol. The SMILES string of the molecule is COC(=O)/C=C\C(=O)OCCCN(C)C. The van der Waals surface area contributed by atoms with Crippen LogP contribution >= 0.6 is 0 Å². The topological polar surface area (TPSA) is 55.8 Å². The Morgan fingerprint density at radius 2 is 1.80 bits per heavy atom. The van der Waals surface area contributed by atoms with E-state index in [-0.39, 0.29) is 0 Å². The summed E-state index contributed by atoms with van der Waals surface area (Å²) in [4.78, 5) is 23.6. The van der Waals surface area contributed by atoms with E-state index in [9.17, 15) is 9.59 Å². The van der Waals surface area contributed by atoms with Gasteiger partial charge in [-0.2, -0.15) is 0 Å². The fourth-order valence-corrected chi connectivity index (χ4v) is 0.806. The fourth-order valence-electron chi connectivity index (χ4n) is 0.806. The average molecular weight is 215 g/mol. The summed E-state index contributed by atoms with van der Waals surface area (Å²) in [6.45, 7) is 1.20. The quantitative estimate of drug-likeness (QED) is 0.360. The highest BCUT2D eigenvalue weighted by atomic mass is 16.5. The van der Waals surface area contributed by atoms with Gasteiger partial charge in [-0.15, -0.1) is 0 Å². The smallest absolute Gasteiger partial charge is 0.331 e. The van der Waals surface area contributed by atoms with Crippen molar-refractivity contribution in [3.05, 3.63) is 12.2 Å². The first kappa shape index (κ1) is 13.6. The van der Waals surface area contributed by atoms with Gasteiger partial charge in [0.15, 0.2) is 0 Å². The molecule has 0 aliphatic rings. The van der Waals surface area contributed by atoms with Gasteiger partial charge in [0, 0.05) is 18.7 Å². The van der Waals surface area contributed by atoms with Crippen molar-refractivity contribution >= 4 is 11.9 Å². The summed E-state index contributed by atoms with van der Waals surface area (Å²) in [6.07, 6.45) is 2.86. The third-order valence-corrected chi connectivity index (χ3v) is 1.55. The lowest BCUT2D eigenvalue weighted by Crippen LogP contribution is -2.15. The minimum absolute atomic E-state index is 0.350. The molecule has 0 aromatic rings. The van der Waals surface area contributed by atoms with Crippen molar-refractivity contribution in [1.29, 1.82) is 0 Å². The molecule has 15 heavy (non-hydrogen) atoms. The molecule has 0 amide bonds. The highest BCUT2D eigenvalue weighted by Crippen LogP contribution is 1.88. The molecular formula is C10H17NO4. The molecule has 0 heterocycles. The molecule has 0 radical (unpaired) electrons. The number of carbonyl (C=O) groups excluding carboxylic acids is 2. The molecule has 0 aliphatic carbocycles. The summed E-state index contributed by atoms with van der Waals surface area (Å²) in [6, 6.07) is 0. The second kappa shape index (κ2) is 7.99. The van der Waals surface area contributed by atoms with Gasteiger partial charge in [-0.3, -0.25) is 0 Å². The molecule has 0 spiro atoms. The summed E-state index contributed by atoms with van der Waals surface area (Å²) >= 11 is 0. The minimum atomic E-state index is -0.569. The zero-order chi connectivity index (χ0) is 11.7. The summed E-state index contributed by atoms with van der Waals surface area (Å²) in [5.41, 5.74) is 0. The van der Waals surface area contributed by atoms with Crippen molar-refractivity contribution < 1.29 is 19.1 Å². The molecule has 0 atom stereocenters. The minimum Gasteiger partial charge on any atom is -0.466 e. The molecule has 0 fully saturated rings. The second-order valence-electron chi connectivity index (χ2n) is 3.18. The Morgan fingerprint density at radius 1 is 1.20 bits per heavy atom. The van der Waals surface area contributed by atoms with Crippen LogP contribution in [0.3, 0.4) is 0 Å². The van der Waals surface area contributed by atoms with Crippen LogP contribution in [0.25, 0.3) is 0 Å². The fraction of sp³-hybridized carbons (Fsp3) is 0.600.